The predicted octanol–water partition coefficient (Wildman–Crippen LogP) is 2.67. The molecule has 1 heterocycles. The first-order chi connectivity index (χ1) is 10.4. The van der Waals surface area contributed by atoms with E-state index in [1.807, 2.05) is 32.0 Å². The van der Waals surface area contributed by atoms with Gasteiger partial charge in [-0.3, -0.25) is 9.59 Å². The molecule has 22 heavy (non-hydrogen) atoms. The smallest absolute Gasteiger partial charge is 0.293 e. The predicted molar refractivity (Wildman–Crippen MR) is 86.5 cm³/mol. The van der Waals surface area contributed by atoms with Crippen molar-refractivity contribution in [2.45, 2.75) is 26.8 Å². The van der Waals surface area contributed by atoms with Crippen LogP contribution in [0.2, 0.25) is 0 Å². The number of methoxy groups -OCH3 is 1. The van der Waals surface area contributed by atoms with Gasteiger partial charge in [-0.1, -0.05) is 12.1 Å². The number of carbonyl (C=O) groups excluding carboxylic acids is 1. The number of pyridine rings is 1. The number of benzene rings is 1. The quantitative estimate of drug-likeness (QED) is 0.944. The lowest BCUT2D eigenvalue weighted by Gasteiger charge is -2.17. The monoisotopic (exact) mass is 300 g/mol. The molecule has 0 bridgehead atoms. The van der Waals surface area contributed by atoms with Crippen molar-refractivity contribution in [3.05, 3.63) is 58.0 Å². The number of aromatic nitrogens is 1. The zero-order valence-electron chi connectivity index (χ0n) is 13.2. The highest BCUT2D eigenvalue weighted by Crippen LogP contribution is 2.18. The van der Waals surface area contributed by atoms with E-state index < -0.39 is 6.04 Å². The first-order valence-corrected chi connectivity index (χ1v) is 7.07. The van der Waals surface area contributed by atoms with Gasteiger partial charge in [0.05, 0.1) is 7.11 Å². The average molecular weight is 300 g/mol. The SMILES string of the molecule is COc1cccn(C(C)C(=O)Nc2cc(C)ccc2C)c1=O. The summed E-state index contributed by atoms with van der Waals surface area (Å²) >= 11 is 0. The van der Waals surface area contributed by atoms with Crippen molar-refractivity contribution in [1.82, 2.24) is 4.57 Å². The summed E-state index contributed by atoms with van der Waals surface area (Å²) in [6.45, 7) is 5.57. The van der Waals surface area contributed by atoms with Gasteiger partial charge < -0.3 is 14.6 Å². The molecule has 1 atom stereocenters. The Morgan fingerprint density at radius 2 is 2.00 bits per heavy atom. The van der Waals surface area contributed by atoms with E-state index in [0.29, 0.717) is 0 Å². The molecular formula is C17H20N2O3. The summed E-state index contributed by atoms with van der Waals surface area (Å²) in [5.41, 5.74) is 2.47. The van der Waals surface area contributed by atoms with E-state index in [1.165, 1.54) is 11.7 Å². The lowest BCUT2D eigenvalue weighted by atomic mass is 10.1. The molecule has 2 aromatic rings. The van der Waals surface area contributed by atoms with E-state index in [1.54, 1.807) is 25.3 Å². The molecule has 1 N–H and O–H groups in total. The van der Waals surface area contributed by atoms with Gasteiger partial charge in [-0.05, 0) is 50.1 Å². The third kappa shape index (κ3) is 3.19. The van der Waals surface area contributed by atoms with Crippen LogP contribution in [0.25, 0.3) is 0 Å². The van der Waals surface area contributed by atoms with Crippen molar-refractivity contribution >= 4 is 11.6 Å². The highest BCUT2D eigenvalue weighted by molar-refractivity contribution is 5.94. The third-order valence-electron chi connectivity index (χ3n) is 3.61. The van der Waals surface area contributed by atoms with Gasteiger partial charge in [0, 0.05) is 11.9 Å². The Morgan fingerprint density at radius 3 is 2.68 bits per heavy atom. The van der Waals surface area contributed by atoms with Crippen LogP contribution in [-0.2, 0) is 4.79 Å². The molecule has 0 aliphatic heterocycles. The summed E-state index contributed by atoms with van der Waals surface area (Å²) in [5.74, 6) is -0.0297. The fourth-order valence-electron chi connectivity index (χ4n) is 2.18. The van der Waals surface area contributed by atoms with Gasteiger partial charge in [0.2, 0.25) is 5.91 Å². The molecule has 2 rings (SSSR count). The fourth-order valence-corrected chi connectivity index (χ4v) is 2.18. The van der Waals surface area contributed by atoms with Crippen molar-refractivity contribution in [2.24, 2.45) is 0 Å². The molecule has 1 amide bonds. The van der Waals surface area contributed by atoms with Gasteiger partial charge in [0.1, 0.15) is 6.04 Å². The molecule has 1 unspecified atom stereocenters. The molecule has 0 saturated heterocycles. The number of hydrogen-bond acceptors (Lipinski definition) is 3. The van der Waals surface area contributed by atoms with Crippen molar-refractivity contribution in [3.8, 4) is 5.75 Å². The number of rotatable bonds is 4. The molecular weight excluding hydrogens is 280 g/mol. The molecule has 0 saturated carbocycles. The second-order valence-electron chi connectivity index (χ2n) is 5.27. The Balaban J connectivity index is 2.26. The van der Waals surface area contributed by atoms with Crippen LogP contribution < -0.4 is 15.6 Å². The Morgan fingerprint density at radius 1 is 1.27 bits per heavy atom. The molecule has 116 valence electrons. The summed E-state index contributed by atoms with van der Waals surface area (Å²) in [7, 11) is 1.43. The van der Waals surface area contributed by atoms with Gasteiger partial charge >= 0.3 is 0 Å². The number of nitrogens with zero attached hydrogens (tertiary/aromatic N) is 1. The van der Waals surface area contributed by atoms with Gasteiger partial charge in [-0.15, -0.1) is 0 Å². The number of aryl methyl sites for hydroxylation is 2. The van der Waals surface area contributed by atoms with Crippen LogP contribution in [0.5, 0.6) is 5.75 Å². The molecule has 1 aromatic carbocycles. The standard InChI is InChI=1S/C17H20N2O3/c1-11-7-8-12(2)14(10-11)18-16(20)13(3)19-9-5-6-15(22-4)17(19)21/h5-10,13H,1-4H3,(H,18,20). The minimum atomic E-state index is -0.637. The minimum absolute atomic E-state index is 0.217. The maximum absolute atomic E-state index is 12.4. The molecule has 0 aliphatic rings. The van der Waals surface area contributed by atoms with Gasteiger partial charge in [0.25, 0.3) is 5.56 Å². The van der Waals surface area contributed by atoms with E-state index in [9.17, 15) is 9.59 Å². The highest BCUT2D eigenvalue weighted by Gasteiger charge is 2.18. The number of hydrogen-bond donors (Lipinski definition) is 1. The lowest BCUT2D eigenvalue weighted by molar-refractivity contribution is -0.118. The molecule has 0 aliphatic carbocycles. The minimum Gasteiger partial charge on any atom is -0.491 e. The Hall–Kier alpha value is -2.56. The lowest BCUT2D eigenvalue weighted by Crippen LogP contribution is -2.31. The average Bonchev–Trinajstić information content (AvgIpc) is 2.50. The summed E-state index contributed by atoms with van der Waals surface area (Å²) < 4.78 is 6.36. The van der Waals surface area contributed by atoms with Crippen molar-refractivity contribution < 1.29 is 9.53 Å². The maximum atomic E-state index is 12.4. The molecule has 1 aromatic heterocycles. The van der Waals surface area contributed by atoms with E-state index in [0.717, 1.165) is 16.8 Å². The molecule has 0 radical (unpaired) electrons. The van der Waals surface area contributed by atoms with Crippen LogP contribution in [-0.4, -0.2) is 17.6 Å². The van der Waals surface area contributed by atoms with Gasteiger partial charge in [0.15, 0.2) is 5.75 Å². The van der Waals surface area contributed by atoms with E-state index >= 15 is 0 Å². The van der Waals surface area contributed by atoms with Crippen LogP contribution in [0.1, 0.15) is 24.1 Å². The highest BCUT2D eigenvalue weighted by atomic mass is 16.5. The Labute approximate surface area is 129 Å². The summed E-state index contributed by atoms with van der Waals surface area (Å²) in [6, 6.07) is 8.47. The number of ether oxygens (including phenoxy) is 1. The number of nitrogens with one attached hydrogen (secondary N) is 1. The van der Waals surface area contributed by atoms with Crippen LogP contribution in [0, 0.1) is 13.8 Å². The molecule has 0 spiro atoms. The van der Waals surface area contributed by atoms with E-state index in [-0.39, 0.29) is 17.2 Å². The van der Waals surface area contributed by atoms with Crippen molar-refractivity contribution in [1.29, 1.82) is 0 Å². The Kier molecular flexibility index (Phi) is 4.65. The second-order valence-corrected chi connectivity index (χ2v) is 5.27. The largest absolute Gasteiger partial charge is 0.491 e. The van der Waals surface area contributed by atoms with Gasteiger partial charge in [-0.2, -0.15) is 0 Å². The topological polar surface area (TPSA) is 60.3 Å². The number of amides is 1. The normalized spacial score (nSPS) is 11.8. The number of carbonyl (C=O) groups is 1. The zero-order valence-corrected chi connectivity index (χ0v) is 13.2. The third-order valence-corrected chi connectivity index (χ3v) is 3.61. The van der Waals surface area contributed by atoms with Crippen molar-refractivity contribution in [2.75, 3.05) is 12.4 Å². The Bertz CT molecular complexity index is 750. The number of anilines is 1. The fraction of sp³-hybridized carbons (Fsp3) is 0.294. The maximum Gasteiger partial charge on any atom is 0.293 e. The van der Waals surface area contributed by atoms with Crippen LogP contribution in [0.3, 0.4) is 0 Å². The van der Waals surface area contributed by atoms with E-state index in [4.69, 9.17) is 4.74 Å². The molecule has 0 fully saturated rings. The second kappa shape index (κ2) is 6.47. The molecule has 5 heteroatoms. The van der Waals surface area contributed by atoms with E-state index in [2.05, 4.69) is 5.32 Å². The first-order valence-electron chi connectivity index (χ1n) is 7.07. The zero-order chi connectivity index (χ0) is 16.3. The van der Waals surface area contributed by atoms with Crippen LogP contribution in [0.4, 0.5) is 5.69 Å². The summed E-state index contributed by atoms with van der Waals surface area (Å²) in [6.07, 6.45) is 1.58. The summed E-state index contributed by atoms with van der Waals surface area (Å²) in [5, 5.41) is 2.87. The molecule has 5 nitrogen and oxygen atoms in total. The first kappa shape index (κ1) is 15.8. The van der Waals surface area contributed by atoms with Crippen LogP contribution in [0.15, 0.2) is 41.3 Å². The van der Waals surface area contributed by atoms with Crippen molar-refractivity contribution in [3.63, 3.8) is 0 Å². The summed E-state index contributed by atoms with van der Waals surface area (Å²) in [4.78, 5) is 24.6. The van der Waals surface area contributed by atoms with Crippen LogP contribution >= 0.6 is 0 Å². The van der Waals surface area contributed by atoms with Gasteiger partial charge in [-0.25, -0.2) is 0 Å².